The molecule has 0 N–H and O–H groups in total. The van der Waals surface area contributed by atoms with Crippen LogP contribution in [0.2, 0.25) is 0 Å². The molecule has 2 heterocycles. The molecule has 25 heavy (non-hydrogen) atoms. The fourth-order valence-corrected chi connectivity index (χ4v) is 3.89. The molecule has 0 aliphatic carbocycles. The van der Waals surface area contributed by atoms with E-state index >= 15 is 0 Å². The minimum Gasteiger partial charge on any atom is -0.484 e. The van der Waals surface area contributed by atoms with Crippen LogP contribution in [0, 0.1) is 5.92 Å². The molecule has 1 aromatic carbocycles. The number of hydrogen-bond donors (Lipinski definition) is 0. The highest BCUT2D eigenvalue weighted by Gasteiger charge is 2.21. The Bertz CT molecular complexity index is 555. The Morgan fingerprint density at radius 1 is 1.20 bits per heavy atom. The highest BCUT2D eigenvalue weighted by Crippen LogP contribution is 2.18. The van der Waals surface area contributed by atoms with Crippen molar-refractivity contribution >= 4 is 5.91 Å². The van der Waals surface area contributed by atoms with E-state index in [1.165, 1.54) is 25.1 Å². The number of rotatable bonds is 7. The second-order valence-corrected chi connectivity index (χ2v) is 7.63. The molecule has 0 bridgehead atoms. The molecule has 2 fully saturated rings. The minimum atomic E-state index is 0.0999. The van der Waals surface area contributed by atoms with E-state index in [0.29, 0.717) is 0 Å². The molecule has 5 heteroatoms. The van der Waals surface area contributed by atoms with E-state index in [2.05, 4.69) is 36.0 Å². The first-order chi connectivity index (χ1) is 12.1. The van der Waals surface area contributed by atoms with Gasteiger partial charge in [-0.2, -0.15) is 0 Å². The maximum atomic E-state index is 12.0. The number of hydrogen-bond acceptors (Lipinski definition) is 4. The lowest BCUT2D eigenvalue weighted by Crippen LogP contribution is -2.32. The molecule has 0 saturated carbocycles. The number of amides is 1. The minimum absolute atomic E-state index is 0.0999. The standard InChI is InChI=1S/C20H31N3O2/c1-21-12-9-18(14-21)15-22(2)13-17-5-7-19(8-6-17)25-16-20(24)23-10-3-4-11-23/h5-8,18H,3-4,9-16H2,1-2H3. The van der Waals surface area contributed by atoms with E-state index in [0.717, 1.165) is 50.7 Å². The summed E-state index contributed by atoms with van der Waals surface area (Å²) in [7, 11) is 4.39. The zero-order valence-corrected chi connectivity index (χ0v) is 15.6. The van der Waals surface area contributed by atoms with Crippen LogP contribution in [0.5, 0.6) is 5.75 Å². The van der Waals surface area contributed by atoms with Crippen molar-refractivity contribution in [3.05, 3.63) is 29.8 Å². The van der Waals surface area contributed by atoms with Gasteiger partial charge in [-0.1, -0.05) is 12.1 Å². The molecule has 2 aliphatic rings. The van der Waals surface area contributed by atoms with Crippen molar-refractivity contribution in [1.82, 2.24) is 14.7 Å². The van der Waals surface area contributed by atoms with Crippen molar-refractivity contribution < 1.29 is 9.53 Å². The van der Waals surface area contributed by atoms with Crippen LogP contribution in [0.4, 0.5) is 0 Å². The normalized spacial score (nSPS) is 21.2. The predicted molar refractivity (Wildman–Crippen MR) is 99.7 cm³/mol. The Morgan fingerprint density at radius 3 is 2.56 bits per heavy atom. The Hall–Kier alpha value is -1.59. The van der Waals surface area contributed by atoms with Crippen LogP contribution < -0.4 is 4.74 Å². The molecule has 0 aromatic heterocycles. The SMILES string of the molecule is CN1CCC(CN(C)Cc2ccc(OCC(=O)N3CCCC3)cc2)C1. The first-order valence-corrected chi connectivity index (χ1v) is 9.47. The fraction of sp³-hybridized carbons (Fsp3) is 0.650. The molecule has 3 rings (SSSR count). The molecule has 1 atom stereocenters. The van der Waals surface area contributed by atoms with E-state index in [4.69, 9.17) is 4.74 Å². The molecule has 5 nitrogen and oxygen atoms in total. The van der Waals surface area contributed by atoms with Gasteiger partial charge in [0, 0.05) is 32.7 Å². The maximum Gasteiger partial charge on any atom is 0.260 e. The summed E-state index contributed by atoms with van der Waals surface area (Å²) in [5.41, 5.74) is 1.28. The zero-order valence-electron chi connectivity index (χ0n) is 15.6. The van der Waals surface area contributed by atoms with Crippen LogP contribution in [0.1, 0.15) is 24.8 Å². The van der Waals surface area contributed by atoms with Gasteiger partial charge in [0.25, 0.3) is 5.91 Å². The molecule has 0 radical (unpaired) electrons. The lowest BCUT2D eigenvalue weighted by atomic mass is 10.1. The molecule has 1 aromatic rings. The molecule has 1 amide bonds. The Kier molecular flexibility index (Phi) is 6.32. The molecule has 2 saturated heterocycles. The molecule has 138 valence electrons. The summed E-state index contributed by atoms with van der Waals surface area (Å²) in [6.07, 6.45) is 3.54. The van der Waals surface area contributed by atoms with Gasteiger partial charge in [0.15, 0.2) is 6.61 Å². The van der Waals surface area contributed by atoms with Crippen molar-refractivity contribution in [2.45, 2.75) is 25.8 Å². The second kappa shape index (κ2) is 8.68. The summed E-state index contributed by atoms with van der Waals surface area (Å²) in [5, 5.41) is 0. The largest absolute Gasteiger partial charge is 0.484 e. The first-order valence-electron chi connectivity index (χ1n) is 9.47. The highest BCUT2D eigenvalue weighted by molar-refractivity contribution is 5.78. The number of ether oxygens (including phenoxy) is 1. The molecule has 2 aliphatic heterocycles. The Balaban J connectivity index is 1.41. The van der Waals surface area contributed by atoms with Gasteiger partial charge >= 0.3 is 0 Å². The number of carbonyl (C=O) groups excluding carboxylic acids is 1. The number of carbonyl (C=O) groups is 1. The lowest BCUT2D eigenvalue weighted by Gasteiger charge is -2.21. The smallest absolute Gasteiger partial charge is 0.260 e. The Morgan fingerprint density at radius 2 is 1.92 bits per heavy atom. The summed E-state index contributed by atoms with van der Waals surface area (Å²) in [5.74, 6) is 1.66. The zero-order chi connectivity index (χ0) is 17.6. The number of benzene rings is 1. The van der Waals surface area contributed by atoms with E-state index in [1.807, 2.05) is 17.0 Å². The predicted octanol–water partition coefficient (Wildman–Crippen LogP) is 2.07. The van der Waals surface area contributed by atoms with Gasteiger partial charge in [-0.05, 0) is 63.5 Å². The molecule has 1 unspecified atom stereocenters. The van der Waals surface area contributed by atoms with Gasteiger partial charge in [0.2, 0.25) is 0 Å². The average Bonchev–Trinajstić information content (AvgIpc) is 3.26. The summed E-state index contributed by atoms with van der Waals surface area (Å²) in [4.78, 5) is 18.7. The summed E-state index contributed by atoms with van der Waals surface area (Å²) in [6, 6.07) is 8.16. The molecule has 0 spiro atoms. The van der Waals surface area contributed by atoms with Gasteiger partial charge < -0.3 is 19.4 Å². The van der Waals surface area contributed by atoms with Crippen molar-refractivity contribution in [3.8, 4) is 5.75 Å². The quantitative estimate of drug-likeness (QED) is 0.758. The van der Waals surface area contributed by atoms with Crippen molar-refractivity contribution in [2.75, 3.05) is 53.4 Å². The van der Waals surface area contributed by atoms with Gasteiger partial charge in [-0.25, -0.2) is 0 Å². The average molecular weight is 345 g/mol. The number of nitrogens with zero attached hydrogens (tertiary/aromatic N) is 3. The van der Waals surface area contributed by atoms with Crippen molar-refractivity contribution in [2.24, 2.45) is 5.92 Å². The fourth-order valence-electron chi connectivity index (χ4n) is 3.89. The summed E-state index contributed by atoms with van der Waals surface area (Å²) >= 11 is 0. The maximum absolute atomic E-state index is 12.0. The van der Waals surface area contributed by atoms with Crippen LogP contribution in [-0.4, -0.2) is 74.0 Å². The monoisotopic (exact) mass is 345 g/mol. The lowest BCUT2D eigenvalue weighted by molar-refractivity contribution is -0.132. The third-order valence-corrected chi connectivity index (χ3v) is 5.26. The highest BCUT2D eigenvalue weighted by atomic mass is 16.5. The van der Waals surface area contributed by atoms with Crippen LogP contribution >= 0.6 is 0 Å². The van der Waals surface area contributed by atoms with Crippen LogP contribution in [0.3, 0.4) is 0 Å². The summed E-state index contributed by atoms with van der Waals surface area (Å²) in [6.45, 7) is 6.44. The van der Waals surface area contributed by atoms with Gasteiger partial charge in [0.1, 0.15) is 5.75 Å². The molecular formula is C20H31N3O2. The van der Waals surface area contributed by atoms with Gasteiger partial charge in [-0.3, -0.25) is 4.79 Å². The molecular weight excluding hydrogens is 314 g/mol. The van der Waals surface area contributed by atoms with Gasteiger partial charge in [0.05, 0.1) is 0 Å². The van der Waals surface area contributed by atoms with E-state index in [1.54, 1.807) is 0 Å². The summed E-state index contributed by atoms with van der Waals surface area (Å²) < 4.78 is 5.65. The van der Waals surface area contributed by atoms with Crippen LogP contribution in [0.25, 0.3) is 0 Å². The van der Waals surface area contributed by atoms with Crippen LogP contribution in [-0.2, 0) is 11.3 Å². The third-order valence-electron chi connectivity index (χ3n) is 5.26. The van der Waals surface area contributed by atoms with Crippen molar-refractivity contribution in [1.29, 1.82) is 0 Å². The van der Waals surface area contributed by atoms with Crippen molar-refractivity contribution in [3.63, 3.8) is 0 Å². The van der Waals surface area contributed by atoms with E-state index in [9.17, 15) is 4.79 Å². The second-order valence-electron chi connectivity index (χ2n) is 7.63. The topological polar surface area (TPSA) is 36.0 Å². The van der Waals surface area contributed by atoms with E-state index < -0.39 is 0 Å². The first kappa shape index (κ1) is 18.2. The third kappa shape index (κ3) is 5.44. The van der Waals surface area contributed by atoms with Gasteiger partial charge in [-0.15, -0.1) is 0 Å². The van der Waals surface area contributed by atoms with Crippen LogP contribution in [0.15, 0.2) is 24.3 Å². The Labute approximate surface area is 151 Å². The number of likely N-dealkylation sites (tertiary alicyclic amines) is 2. The van der Waals surface area contributed by atoms with E-state index in [-0.39, 0.29) is 12.5 Å².